The molecule has 0 bridgehead atoms. The maximum atomic E-state index is 5.15. The SMILES string of the molecule is CCNC(=NCCCc1nc(C)no1)N1CC2CCCCC2C1.I. The van der Waals surface area contributed by atoms with Gasteiger partial charge in [-0.1, -0.05) is 18.0 Å². The zero-order valence-electron chi connectivity index (χ0n) is 14.8. The molecule has 1 aromatic rings. The van der Waals surface area contributed by atoms with Gasteiger partial charge in [0, 0.05) is 32.6 Å². The number of nitrogens with one attached hydrogen (secondary N) is 1. The van der Waals surface area contributed by atoms with Crippen molar-refractivity contribution in [2.45, 2.75) is 52.4 Å². The number of fused-ring (bicyclic) bond motifs is 1. The molecular formula is C17H30IN5O. The number of hydrogen-bond acceptors (Lipinski definition) is 4. The van der Waals surface area contributed by atoms with Gasteiger partial charge in [-0.2, -0.15) is 4.98 Å². The van der Waals surface area contributed by atoms with Crippen LogP contribution in [0.25, 0.3) is 0 Å². The van der Waals surface area contributed by atoms with Crippen molar-refractivity contribution in [1.82, 2.24) is 20.4 Å². The third-order valence-electron chi connectivity index (χ3n) is 4.99. The summed E-state index contributed by atoms with van der Waals surface area (Å²) in [4.78, 5) is 11.5. The van der Waals surface area contributed by atoms with Crippen LogP contribution in [0.5, 0.6) is 0 Å². The van der Waals surface area contributed by atoms with Crippen molar-refractivity contribution in [2.75, 3.05) is 26.2 Å². The molecule has 1 aromatic heterocycles. The number of guanidine groups is 1. The van der Waals surface area contributed by atoms with Gasteiger partial charge >= 0.3 is 0 Å². The molecule has 2 atom stereocenters. The highest BCUT2D eigenvalue weighted by Gasteiger charge is 2.35. The second kappa shape index (κ2) is 9.58. The molecule has 1 aliphatic heterocycles. The fourth-order valence-electron chi connectivity index (χ4n) is 3.86. The maximum absolute atomic E-state index is 5.15. The van der Waals surface area contributed by atoms with Gasteiger partial charge in [-0.3, -0.25) is 4.99 Å². The minimum Gasteiger partial charge on any atom is -0.357 e. The molecule has 1 N–H and O–H groups in total. The Kier molecular flexibility index (Phi) is 7.77. The molecule has 2 heterocycles. The van der Waals surface area contributed by atoms with Crippen LogP contribution < -0.4 is 5.32 Å². The normalized spacial score (nSPS) is 23.8. The number of aliphatic imine (C=N–C) groups is 1. The smallest absolute Gasteiger partial charge is 0.226 e. The Hall–Kier alpha value is -0.860. The van der Waals surface area contributed by atoms with E-state index >= 15 is 0 Å². The van der Waals surface area contributed by atoms with E-state index in [4.69, 9.17) is 9.52 Å². The molecule has 6 nitrogen and oxygen atoms in total. The summed E-state index contributed by atoms with van der Waals surface area (Å²) >= 11 is 0. The quantitative estimate of drug-likeness (QED) is 0.325. The lowest BCUT2D eigenvalue weighted by atomic mass is 9.82. The molecule has 136 valence electrons. The summed E-state index contributed by atoms with van der Waals surface area (Å²) in [7, 11) is 0. The third-order valence-corrected chi connectivity index (χ3v) is 4.99. The van der Waals surface area contributed by atoms with Gasteiger partial charge in [0.05, 0.1) is 0 Å². The van der Waals surface area contributed by atoms with Crippen LogP contribution in [0, 0.1) is 18.8 Å². The van der Waals surface area contributed by atoms with E-state index in [1.807, 2.05) is 6.92 Å². The fourth-order valence-corrected chi connectivity index (χ4v) is 3.86. The zero-order valence-corrected chi connectivity index (χ0v) is 17.2. The number of halogens is 1. The summed E-state index contributed by atoms with van der Waals surface area (Å²) in [6, 6.07) is 0. The monoisotopic (exact) mass is 447 g/mol. The van der Waals surface area contributed by atoms with Crippen LogP contribution in [-0.2, 0) is 6.42 Å². The molecule has 0 aromatic carbocycles. The van der Waals surface area contributed by atoms with Crippen molar-refractivity contribution in [2.24, 2.45) is 16.8 Å². The highest BCUT2D eigenvalue weighted by Crippen LogP contribution is 2.35. The van der Waals surface area contributed by atoms with Crippen LogP contribution in [0.4, 0.5) is 0 Å². The van der Waals surface area contributed by atoms with Gasteiger partial charge < -0.3 is 14.7 Å². The molecule has 1 saturated carbocycles. The number of nitrogens with zero attached hydrogens (tertiary/aromatic N) is 4. The molecule has 2 unspecified atom stereocenters. The predicted octanol–water partition coefficient (Wildman–Crippen LogP) is 3.02. The largest absolute Gasteiger partial charge is 0.357 e. The Balaban J connectivity index is 0.00000208. The van der Waals surface area contributed by atoms with E-state index in [2.05, 4.69) is 27.3 Å². The van der Waals surface area contributed by atoms with E-state index < -0.39 is 0 Å². The Morgan fingerprint density at radius 2 is 2.00 bits per heavy atom. The first kappa shape index (κ1) is 19.5. The van der Waals surface area contributed by atoms with Crippen molar-refractivity contribution in [3.8, 4) is 0 Å². The predicted molar refractivity (Wildman–Crippen MR) is 106 cm³/mol. The molecule has 0 radical (unpaired) electrons. The van der Waals surface area contributed by atoms with Gasteiger partial charge in [-0.15, -0.1) is 24.0 Å². The van der Waals surface area contributed by atoms with Crippen molar-refractivity contribution in [3.63, 3.8) is 0 Å². The van der Waals surface area contributed by atoms with Crippen LogP contribution >= 0.6 is 24.0 Å². The second-order valence-electron chi connectivity index (χ2n) is 6.78. The Morgan fingerprint density at radius 1 is 1.29 bits per heavy atom. The molecule has 0 amide bonds. The lowest BCUT2D eigenvalue weighted by Gasteiger charge is -2.22. The number of aryl methyl sites for hydroxylation is 2. The number of rotatable bonds is 5. The van der Waals surface area contributed by atoms with Gasteiger partial charge in [0.1, 0.15) is 0 Å². The maximum Gasteiger partial charge on any atom is 0.226 e. The van der Waals surface area contributed by atoms with E-state index in [9.17, 15) is 0 Å². The van der Waals surface area contributed by atoms with Gasteiger partial charge in [0.25, 0.3) is 0 Å². The van der Waals surface area contributed by atoms with E-state index in [0.29, 0.717) is 5.82 Å². The van der Waals surface area contributed by atoms with E-state index in [1.54, 1.807) is 0 Å². The van der Waals surface area contributed by atoms with E-state index in [1.165, 1.54) is 38.8 Å². The van der Waals surface area contributed by atoms with Crippen LogP contribution in [0.2, 0.25) is 0 Å². The third kappa shape index (κ3) is 5.07. The van der Waals surface area contributed by atoms with Gasteiger partial charge in [-0.05, 0) is 44.9 Å². The first-order valence-corrected chi connectivity index (χ1v) is 9.08. The van der Waals surface area contributed by atoms with Crippen LogP contribution in [0.15, 0.2) is 9.52 Å². The minimum absolute atomic E-state index is 0. The van der Waals surface area contributed by atoms with Crippen LogP contribution in [0.3, 0.4) is 0 Å². The highest BCUT2D eigenvalue weighted by molar-refractivity contribution is 14.0. The van der Waals surface area contributed by atoms with Gasteiger partial charge in [0.15, 0.2) is 11.8 Å². The van der Waals surface area contributed by atoms with Crippen molar-refractivity contribution in [3.05, 3.63) is 11.7 Å². The van der Waals surface area contributed by atoms with Gasteiger partial charge in [-0.25, -0.2) is 0 Å². The Labute approximate surface area is 161 Å². The van der Waals surface area contributed by atoms with Crippen molar-refractivity contribution in [1.29, 1.82) is 0 Å². The lowest BCUT2D eigenvalue weighted by Crippen LogP contribution is -2.40. The van der Waals surface area contributed by atoms with E-state index in [-0.39, 0.29) is 24.0 Å². The summed E-state index contributed by atoms with van der Waals surface area (Å²) in [6.45, 7) is 8.07. The summed E-state index contributed by atoms with van der Waals surface area (Å²) < 4.78 is 5.15. The lowest BCUT2D eigenvalue weighted by molar-refractivity contribution is 0.299. The molecule has 24 heavy (non-hydrogen) atoms. The summed E-state index contributed by atoms with van der Waals surface area (Å²) in [5.41, 5.74) is 0. The average molecular weight is 447 g/mol. The molecular weight excluding hydrogens is 417 g/mol. The molecule has 1 saturated heterocycles. The Bertz CT molecular complexity index is 519. The first-order chi connectivity index (χ1) is 11.3. The van der Waals surface area contributed by atoms with Crippen LogP contribution in [-0.4, -0.2) is 47.2 Å². The van der Waals surface area contributed by atoms with Gasteiger partial charge in [0.2, 0.25) is 5.89 Å². The molecule has 2 aliphatic rings. The topological polar surface area (TPSA) is 66.5 Å². The first-order valence-electron chi connectivity index (χ1n) is 9.08. The van der Waals surface area contributed by atoms with E-state index in [0.717, 1.165) is 49.6 Å². The van der Waals surface area contributed by atoms with Crippen molar-refractivity contribution >= 4 is 29.9 Å². The fraction of sp³-hybridized carbons (Fsp3) is 0.824. The second-order valence-corrected chi connectivity index (χ2v) is 6.78. The standard InChI is InChI=1S/C17H29N5O.HI/c1-3-18-17(19-10-6-9-16-20-13(2)21-23-16)22-11-14-7-4-5-8-15(14)12-22;/h14-15H,3-12H2,1-2H3,(H,18,19);1H. The summed E-state index contributed by atoms with van der Waals surface area (Å²) in [6.07, 6.45) is 7.36. The molecule has 3 rings (SSSR count). The number of hydrogen-bond donors (Lipinski definition) is 1. The molecule has 7 heteroatoms. The molecule has 2 fully saturated rings. The number of likely N-dealkylation sites (tertiary alicyclic amines) is 1. The number of aromatic nitrogens is 2. The van der Waals surface area contributed by atoms with Crippen molar-refractivity contribution < 1.29 is 4.52 Å². The summed E-state index contributed by atoms with van der Waals surface area (Å²) in [5.74, 6) is 4.28. The summed E-state index contributed by atoms with van der Waals surface area (Å²) in [5, 5.41) is 7.28. The average Bonchev–Trinajstić information content (AvgIpc) is 3.16. The molecule has 0 spiro atoms. The minimum atomic E-state index is 0. The van der Waals surface area contributed by atoms with Crippen LogP contribution in [0.1, 0.15) is 50.7 Å². The highest BCUT2D eigenvalue weighted by atomic mass is 127. The Morgan fingerprint density at radius 3 is 2.58 bits per heavy atom. The zero-order chi connectivity index (χ0) is 16.1. The molecule has 1 aliphatic carbocycles.